The minimum Gasteiger partial charge on any atom is -0.486 e. The first-order chi connectivity index (χ1) is 10.6. The Labute approximate surface area is 126 Å². The molecule has 2 aromatic rings. The van der Waals surface area contributed by atoms with Crippen LogP contribution in [0.5, 0.6) is 5.75 Å². The van der Waals surface area contributed by atoms with Gasteiger partial charge in [0.1, 0.15) is 24.0 Å². The molecule has 114 valence electrons. The van der Waals surface area contributed by atoms with Gasteiger partial charge in [-0.1, -0.05) is 0 Å². The van der Waals surface area contributed by atoms with Crippen molar-refractivity contribution in [2.45, 2.75) is 25.5 Å². The number of carboxylic acid groups (broad SMARTS) is 1. The molecule has 0 bridgehead atoms. The number of hydrogen-bond acceptors (Lipinski definition) is 5. The first-order valence-corrected chi connectivity index (χ1v) is 6.86. The van der Waals surface area contributed by atoms with Crippen LogP contribution in [0.15, 0.2) is 30.3 Å². The zero-order valence-electron chi connectivity index (χ0n) is 11.6. The fourth-order valence-electron chi connectivity index (χ4n) is 1.86. The van der Waals surface area contributed by atoms with Gasteiger partial charge >= 0.3 is 5.97 Å². The van der Waals surface area contributed by atoms with Gasteiger partial charge in [0.05, 0.1) is 0 Å². The summed E-state index contributed by atoms with van der Waals surface area (Å²) < 4.78 is 18.3. The molecule has 1 aliphatic carbocycles. The molecule has 0 spiro atoms. The lowest BCUT2D eigenvalue weighted by molar-refractivity contribution is 0.0689. The highest BCUT2D eigenvalue weighted by molar-refractivity contribution is 5.86. The molecule has 0 radical (unpaired) electrons. The summed E-state index contributed by atoms with van der Waals surface area (Å²) >= 11 is 0. The van der Waals surface area contributed by atoms with Crippen molar-refractivity contribution in [3.63, 3.8) is 0 Å². The van der Waals surface area contributed by atoms with E-state index in [9.17, 15) is 9.18 Å². The molecule has 1 aliphatic rings. The molecular weight excluding hydrogens is 289 g/mol. The predicted molar refractivity (Wildman–Crippen MR) is 76.4 cm³/mol. The minimum atomic E-state index is -1.12. The van der Waals surface area contributed by atoms with Crippen LogP contribution in [0.1, 0.15) is 29.2 Å². The monoisotopic (exact) mass is 303 g/mol. The van der Waals surface area contributed by atoms with E-state index in [-0.39, 0.29) is 23.9 Å². The number of hydrogen-bond donors (Lipinski definition) is 2. The standard InChI is InChI=1S/C15H14FN3O3/c16-9-1-5-11(6-2-9)22-8-14-18-12(15(20)21)7-13(19-14)17-10-3-4-10/h1-2,5-7,10H,3-4,8H2,(H,20,21)(H,17,18,19). The third-order valence-electron chi connectivity index (χ3n) is 3.10. The number of nitrogens with one attached hydrogen (secondary N) is 1. The third-order valence-corrected chi connectivity index (χ3v) is 3.10. The molecule has 0 atom stereocenters. The number of rotatable bonds is 6. The maximum Gasteiger partial charge on any atom is 0.354 e. The van der Waals surface area contributed by atoms with Gasteiger partial charge in [0, 0.05) is 12.1 Å². The topological polar surface area (TPSA) is 84.3 Å². The maximum atomic E-state index is 12.8. The van der Waals surface area contributed by atoms with Gasteiger partial charge in [-0.25, -0.2) is 19.2 Å². The molecule has 0 unspecified atom stereocenters. The zero-order chi connectivity index (χ0) is 15.5. The largest absolute Gasteiger partial charge is 0.486 e. The van der Waals surface area contributed by atoms with Gasteiger partial charge < -0.3 is 15.2 Å². The minimum absolute atomic E-state index is 0.00605. The zero-order valence-corrected chi connectivity index (χ0v) is 11.6. The molecule has 1 aromatic heterocycles. The van der Waals surface area contributed by atoms with Crippen LogP contribution in [0.3, 0.4) is 0 Å². The molecule has 3 rings (SSSR count). The smallest absolute Gasteiger partial charge is 0.354 e. The van der Waals surface area contributed by atoms with E-state index in [1.165, 1.54) is 30.3 Å². The van der Waals surface area contributed by atoms with Gasteiger partial charge in [0.25, 0.3) is 0 Å². The third kappa shape index (κ3) is 3.69. The predicted octanol–water partition coefficient (Wildman–Crippen LogP) is 2.47. The summed E-state index contributed by atoms with van der Waals surface area (Å²) in [5.41, 5.74) is -0.0872. The Morgan fingerprint density at radius 3 is 2.68 bits per heavy atom. The SMILES string of the molecule is O=C(O)c1cc(NC2CC2)nc(COc2ccc(F)cc2)n1. The second kappa shape index (κ2) is 5.97. The molecular formula is C15H14FN3O3. The van der Waals surface area contributed by atoms with E-state index in [1.54, 1.807) is 0 Å². The molecule has 1 aromatic carbocycles. The van der Waals surface area contributed by atoms with Crippen LogP contribution < -0.4 is 10.1 Å². The van der Waals surface area contributed by atoms with Crippen molar-refractivity contribution in [3.05, 3.63) is 47.7 Å². The van der Waals surface area contributed by atoms with Gasteiger partial charge in [0.2, 0.25) is 0 Å². The molecule has 1 fully saturated rings. The number of carboxylic acids is 1. The van der Waals surface area contributed by atoms with E-state index >= 15 is 0 Å². The molecule has 22 heavy (non-hydrogen) atoms. The Bertz CT molecular complexity index is 687. The average molecular weight is 303 g/mol. The number of nitrogens with zero attached hydrogens (tertiary/aromatic N) is 2. The van der Waals surface area contributed by atoms with Crippen molar-refractivity contribution < 1.29 is 19.0 Å². The van der Waals surface area contributed by atoms with Crippen molar-refractivity contribution in [3.8, 4) is 5.75 Å². The number of carbonyl (C=O) groups is 1. The second-order valence-electron chi connectivity index (χ2n) is 5.02. The van der Waals surface area contributed by atoms with Gasteiger partial charge in [0.15, 0.2) is 11.5 Å². The molecule has 0 aliphatic heterocycles. The highest BCUT2D eigenvalue weighted by Crippen LogP contribution is 2.24. The molecule has 7 heteroatoms. The summed E-state index contributed by atoms with van der Waals surface area (Å²) in [5.74, 6) is -0.279. The van der Waals surface area contributed by atoms with Crippen LogP contribution in [0.2, 0.25) is 0 Å². The van der Waals surface area contributed by atoms with Crippen LogP contribution in [0.25, 0.3) is 0 Å². The highest BCUT2D eigenvalue weighted by atomic mass is 19.1. The lowest BCUT2D eigenvalue weighted by atomic mass is 10.3. The van der Waals surface area contributed by atoms with Crippen LogP contribution >= 0.6 is 0 Å². The number of benzene rings is 1. The number of aromatic carboxylic acids is 1. The van der Waals surface area contributed by atoms with Crippen molar-refractivity contribution in [1.29, 1.82) is 0 Å². The number of halogens is 1. The fraction of sp³-hybridized carbons (Fsp3) is 0.267. The first-order valence-electron chi connectivity index (χ1n) is 6.86. The first kappa shape index (κ1) is 14.2. The van der Waals surface area contributed by atoms with E-state index in [1.807, 2.05) is 0 Å². The summed E-state index contributed by atoms with van der Waals surface area (Å²) in [6.07, 6.45) is 2.10. The van der Waals surface area contributed by atoms with Crippen LogP contribution in [0, 0.1) is 5.82 Å². The number of anilines is 1. The van der Waals surface area contributed by atoms with Crippen LogP contribution in [0.4, 0.5) is 10.2 Å². The van der Waals surface area contributed by atoms with Gasteiger partial charge in [-0.3, -0.25) is 0 Å². The summed E-state index contributed by atoms with van der Waals surface area (Å²) in [7, 11) is 0. The molecule has 1 heterocycles. The molecule has 0 saturated heterocycles. The Balaban J connectivity index is 1.74. The van der Waals surface area contributed by atoms with E-state index in [0.717, 1.165) is 12.8 Å². The van der Waals surface area contributed by atoms with Gasteiger partial charge in [-0.15, -0.1) is 0 Å². The van der Waals surface area contributed by atoms with E-state index in [2.05, 4.69) is 15.3 Å². The van der Waals surface area contributed by atoms with E-state index in [0.29, 0.717) is 17.6 Å². The van der Waals surface area contributed by atoms with Crippen molar-refractivity contribution >= 4 is 11.8 Å². The van der Waals surface area contributed by atoms with Gasteiger partial charge in [-0.2, -0.15) is 0 Å². The molecule has 2 N–H and O–H groups in total. The lowest BCUT2D eigenvalue weighted by Gasteiger charge is -2.09. The Hall–Kier alpha value is -2.70. The Morgan fingerprint density at radius 1 is 1.32 bits per heavy atom. The van der Waals surface area contributed by atoms with Crippen molar-refractivity contribution in [1.82, 2.24) is 9.97 Å². The maximum absolute atomic E-state index is 12.8. The molecule has 0 amide bonds. The van der Waals surface area contributed by atoms with Gasteiger partial charge in [-0.05, 0) is 37.1 Å². The average Bonchev–Trinajstić information content (AvgIpc) is 3.30. The lowest BCUT2D eigenvalue weighted by Crippen LogP contribution is -2.12. The summed E-state index contributed by atoms with van der Waals surface area (Å²) in [5, 5.41) is 12.2. The second-order valence-corrected chi connectivity index (χ2v) is 5.02. The quantitative estimate of drug-likeness (QED) is 0.853. The van der Waals surface area contributed by atoms with E-state index < -0.39 is 5.97 Å². The summed E-state index contributed by atoms with van der Waals surface area (Å²) in [6.45, 7) is 0.00605. The number of ether oxygens (including phenoxy) is 1. The van der Waals surface area contributed by atoms with E-state index in [4.69, 9.17) is 9.84 Å². The summed E-state index contributed by atoms with van der Waals surface area (Å²) in [4.78, 5) is 19.3. The number of aromatic nitrogens is 2. The van der Waals surface area contributed by atoms with Crippen molar-refractivity contribution in [2.75, 3.05) is 5.32 Å². The Kier molecular flexibility index (Phi) is 3.86. The molecule has 1 saturated carbocycles. The fourth-order valence-corrected chi connectivity index (χ4v) is 1.86. The molecule has 6 nitrogen and oxygen atoms in total. The Morgan fingerprint density at radius 2 is 2.05 bits per heavy atom. The highest BCUT2D eigenvalue weighted by Gasteiger charge is 2.22. The normalized spacial score (nSPS) is 13.7. The van der Waals surface area contributed by atoms with Crippen LogP contribution in [-0.4, -0.2) is 27.1 Å². The van der Waals surface area contributed by atoms with Crippen molar-refractivity contribution in [2.24, 2.45) is 0 Å². The van der Waals surface area contributed by atoms with Crippen LogP contribution in [-0.2, 0) is 6.61 Å². The summed E-state index contributed by atoms with van der Waals surface area (Å²) in [6, 6.07) is 7.29.